The van der Waals surface area contributed by atoms with Crippen molar-refractivity contribution < 1.29 is 4.74 Å². The summed E-state index contributed by atoms with van der Waals surface area (Å²) >= 11 is 0. The molecule has 0 aliphatic heterocycles. The van der Waals surface area contributed by atoms with Gasteiger partial charge in [0.15, 0.2) is 0 Å². The van der Waals surface area contributed by atoms with Crippen LogP contribution in [0.4, 0.5) is 0 Å². The van der Waals surface area contributed by atoms with Crippen molar-refractivity contribution in [3.8, 4) is 5.75 Å². The standard InChI is InChI=1S/C16H20N2O/c1-12(10-17)15-7-5-14(6-8-15)11-19-16-4-3-9-18-13(16)2/h3-9,12H,10-11,17H2,1-2H3. The maximum Gasteiger partial charge on any atom is 0.141 e. The highest BCUT2D eigenvalue weighted by molar-refractivity contribution is 5.28. The summed E-state index contributed by atoms with van der Waals surface area (Å²) in [7, 11) is 0. The molecule has 0 fully saturated rings. The monoisotopic (exact) mass is 256 g/mol. The summed E-state index contributed by atoms with van der Waals surface area (Å²) < 4.78 is 5.76. The lowest BCUT2D eigenvalue weighted by Gasteiger charge is -2.11. The highest BCUT2D eigenvalue weighted by Crippen LogP contribution is 2.18. The Hall–Kier alpha value is -1.87. The number of pyridine rings is 1. The molecule has 1 aromatic heterocycles. The summed E-state index contributed by atoms with van der Waals surface area (Å²) in [5, 5.41) is 0. The third-order valence-corrected chi connectivity index (χ3v) is 3.26. The first kappa shape index (κ1) is 13.6. The van der Waals surface area contributed by atoms with E-state index < -0.39 is 0 Å². The van der Waals surface area contributed by atoms with Crippen LogP contribution in [0.5, 0.6) is 5.75 Å². The van der Waals surface area contributed by atoms with Crippen LogP contribution in [0, 0.1) is 6.92 Å². The Bertz CT molecular complexity index is 523. The van der Waals surface area contributed by atoms with Gasteiger partial charge in [-0.1, -0.05) is 31.2 Å². The van der Waals surface area contributed by atoms with E-state index in [-0.39, 0.29) is 0 Å². The van der Waals surface area contributed by atoms with Gasteiger partial charge in [0.2, 0.25) is 0 Å². The van der Waals surface area contributed by atoms with Crippen LogP contribution in [0.1, 0.15) is 29.7 Å². The minimum absolute atomic E-state index is 0.399. The molecule has 0 saturated carbocycles. The maximum absolute atomic E-state index is 5.76. The van der Waals surface area contributed by atoms with E-state index in [9.17, 15) is 0 Å². The van der Waals surface area contributed by atoms with Gasteiger partial charge in [-0.05, 0) is 42.6 Å². The zero-order valence-corrected chi connectivity index (χ0v) is 11.5. The maximum atomic E-state index is 5.76. The zero-order valence-electron chi connectivity index (χ0n) is 11.5. The highest BCUT2D eigenvalue weighted by Gasteiger charge is 2.04. The molecule has 100 valence electrons. The van der Waals surface area contributed by atoms with Gasteiger partial charge in [0.05, 0.1) is 5.69 Å². The minimum Gasteiger partial charge on any atom is -0.487 e. The van der Waals surface area contributed by atoms with Crippen molar-refractivity contribution in [1.82, 2.24) is 4.98 Å². The van der Waals surface area contributed by atoms with Gasteiger partial charge in [0.25, 0.3) is 0 Å². The number of rotatable bonds is 5. The number of nitrogens with two attached hydrogens (primary N) is 1. The predicted octanol–water partition coefficient (Wildman–Crippen LogP) is 3.03. The average molecular weight is 256 g/mol. The number of hydrogen-bond acceptors (Lipinski definition) is 3. The summed E-state index contributed by atoms with van der Waals surface area (Å²) in [4.78, 5) is 4.20. The Morgan fingerprint density at radius 2 is 1.95 bits per heavy atom. The Morgan fingerprint density at radius 3 is 2.58 bits per heavy atom. The average Bonchev–Trinajstić information content (AvgIpc) is 2.46. The molecule has 0 aliphatic rings. The first-order valence-electron chi connectivity index (χ1n) is 6.54. The van der Waals surface area contributed by atoms with Gasteiger partial charge in [-0.2, -0.15) is 0 Å². The molecule has 2 N–H and O–H groups in total. The summed E-state index contributed by atoms with van der Waals surface area (Å²) in [6.07, 6.45) is 1.77. The SMILES string of the molecule is Cc1ncccc1OCc1ccc(C(C)CN)cc1. The molecule has 1 heterocycles. The van der Waals surface area contributed by atoms with Crippen LogP contribution >= 0.6 is 0 Å². The minimum atomic E-state index is 0.399. The van der Waals surface area contributed by atoms with Crippen molar-refractivity contribution in [3.63, 3.8) is 0 Å². The second-order valence-corrected chi connectivity index (χ2v) is 4.75. The van der Waals surface area contributed by atoms with Gasteiger partial charge in [-0.25, -0.2) is 0 Å². The van der Waals surface area contributed by atoms with Gasteiger partial charge < -0.3 is 10.5 Å². The van der Waals surface area contributed by atoms with Crippen LogP contribution in [-0.4, -0.2) is 11.5 Å². The molecule has 0 amide bonds. The van der Waals surface area contributed by atoms with Crippen LogP contribution in [0.25, 0.3) is 0 Å². The summed E-state index contributed by atoms with van der Waals surface area (Å²) in [6.45, 7) is 5.31. The number of aromatic nitrogens is 1. The molecule has 0 aliphatic carbocycles. The van der Waals surface area contributed by atoms with E-state index in [0.717, 1.165) is 17.0 Å². The predicted molar refractivity (Wildman–Crippen MR) is 77.2 cm³/mol. The number of benzene rings is 1. The molecule has 0 radical (unpaired) electrons. The fourth-order valence-corrected chi connectivity index (χ4v) is 1.86. The van der Waals surface area contributed by atoms with E-state index in [1.54, 1.807) is 6.20 Å². The topological polar surface area (TPSA) is 48.1 Å². The smallest absolute Gasteiger partial charge is 0.141 e. The van der Waals surface area contributed by atoms with Gasteiger partial charge >= 0.3 is 0 Å². The number of hydrogen-bond donors (Lipinski definition) is 1. The second-order valence-electron chi connectivity index (χ2n) is 4.75. The third-order valence-electron chi connectivity index (χ3n) is 3.26. The van der Waals surface area contributed by atoms with Gasteiger partial charge in [-0.15, -0.1) is 0 Å². The van der Waals surface area contributed by atoms with Crippen molar-refractivity contribution in [2.24, 2.45) is 5.73 Å². The molecular weight excluding hydrogens is 236 g/mol. The number of aryl methyl sites for hydroxylation is 1. The lowest BCUT2D eigenvalue weighted by Crippen LogP contribution is -2.08. The van der Waals surface area contributed by atoms with Crippen LogP contribution < -0.4 is 10.5 Å². The largest absolute Gasteiger partial charge is 0.487 e. The van der Waals surface area contributed by atoms with Crippen molar-refractivity contribution in [1.29, 1.82) is 0 Å². The Kier molecular flexibility index (Phi) is 4.53. The molecule has 3 nitrogen and oxygen atoms in total. The van der Waals surface area contributed by atoms with E-state index in [4.69, 9.17) is 10.5 Å². The number of ether oxygens (including phenoxy) is 1. The Morgan fingerprint density at radius 1 is 1.21 bits per heavy atom. The lowest BCUT2D eigenvalue weighted by atomic mass is 10.0. The van der Waals surface area contributed by atoms with E-state index in [2.05, 4.69) is 36.2 Å². The van der Waals surface area contributed by atoms with Gasteiger partial charge in [-0.3, -0.25) is 4.98 Å². The van der Waals surface area contributed by atoms with Crippen molar-refractivity contribution in [2.75, 3.05) is 6.54 Å². The van der Waals surface area contributed by atoms with Crippen LogP contribution in [0.2, 0.25) is 0 Å². The quantitative estimate of drug-likeness (QED) is 0.894. The first-order valence-corrected chi connectivity index (χ1v) is 6.54. The third kappa shape index (κ3) is 3.55. The van der Waals surface area contributed by atoms with Gasteiger partial charge in [0.1, 0.15) is 12.4 Å². The normalized spacial score (nSPS) is 12.2. The second kappa shape index (κ2) is 6.34. The lowest BCUT2D eigenvalue weighted by molar-refractivity contribution is 0.302. The molecule has 1 atom stereocenters. The molecule has 3 heteroatoms. The van der Waals surface area contributed by atoms with Crippen molar-refractivity contribution in [2.45, 2.75) is 26.4 Å². The van der Waals surface area contributed by atoms with Crippen molar-refractivity contribution in [3.05, 3.63) is 59.4 Å². The van der Waals surface area contributed by atoms with Gasteiger partial charge in [0, 0.05) is 6.20 Å². The van der Waals surface area contributed by atoms with E-state index in [1.165, 1.54) is 5.56 Å². The van der Waals surface area contributed by atoms with Crippen LogP contribution in [-0.2, 0) is 6.61 Å². The Labute approximate surface area is 114 Å². The van der Waals surface area contributed by atoms with Crippen LogP contribution in [0.15, 0.2) is 42.6 Å². The molecule has 0 spiro atoms. The molecule has 2 aromatic rings. The van der Waals surface area contributed by atoms with Crippen molar-refractivity contribution >= 4 is 0 Å². The van der Waals surface area contributed by atoms with E-state index >= 15 is 0 Å². The number of nitrogens with zero attached hydrogens (tertiary/aromatic N) is 1. The summed E-state index contributed by atoms with van der Waals surface area (Å²) in [5.41, 5.74) is 8.99. The molecule has 1 aromatic carbocycles. The highest BCUT2D eigenvalue weighted by atomic mass is 16.5. The molecule has 2 rings (SSSR count). The van der Waals surface area contributed by atoms with E-state index in [0.29, 0.717) is 19.1 Å². The Balaban J connectivity index is 1.99. The summed E-state index contributed by atoms with van der Waals surface area (Å²) in [6, 6.07) is 12.2. The molecule has 0 saturated heterocycles. The fraction of sp³-hybridized carbons (Fsp3) is 0.312. The van der Waals surface area contributed by atoms with Crippen LogP contribution in [0.3, 0.4) is 0 Å². The van der Waals surface area contributed by atoms with E-state index in [1.807, 2.05) is 19.1 Å². The molecule has 1 unspecified atom stereocenters. The first-order chi connectivity index (χ1) is 9.20. The fourth-order valence-electron chi connectivity index (χ4n) is 1.86. The summed E-state index contributed by atoms with van der Waals surface area (Å²) in [5.74, 6) is 1.23. The molecule has 0 bridgehead atoms. The zero-order chi connectivity index (χ0) is 13.7. The molecule has 19 heavy (non-hydrogen) atoms. The molecular formula is C16H20N2O.